The Kier molecular flexibility index (Phi) is 4.99. The standard InChI is InChI=1S/C19H23N3O3/c1-14-5-4-6-16(11-14)25-13-19(24-3)8-10-22(12-19)18(23)17-20-9-7-15(2)21-17/h4-7,9,11H,8,10,12-13H2,1-3H3. The molecule has 1 aromatic carbocycles. The quantitative estimate of drug-likeness (QED) is 0.835. The first-order valence-corrected chi connectivity index (χ1v) is 8.35. The van der Waals surface area contributed by atoms with E-state index in [0.717, 1.165) is 17.0 Å². The largest absolute Gasteiger partial charge is 0.491 e. The van der Waals surface area contributed by atoms with Crippen LogP contribution in [0.2, 0.25) is 0 Å². The molecule has 2 heterocycles. The third kappa shape index (κ3) is 3.96. The summed E-state index contributed by atoms with van der Waals surface area (Å²) in [7, 11) is 1.66. The first-order valence-electron chi connectivity index (χ1n) is 8.35. The Morgan fingerprint density at radius 2 is 2.16 bits per heavy atom. The van der Waals surface area contributed by atoms with E-state index in [1.165, 1.54) is 0 Å². The number of carbonyl (C=O) groups is 1. The minimum Gasteiger partial charge on any atom is -0.491 e. The van der Waals surface area contributed by atoms with Crippen LogP contribution in [0.25, 0.3) is 0 Å². The molecule has 1 atom stereocenters. The van der Waals surface area contributed by atoms with Gasteiger partial charge in [0.25, 0.3) is 5.91 Å². The molecule has 1 aliphatic rings. The lowest BCUT2D eigenvalue weighted by Gasteiger charge is -2.27. The van der Waals surface area contributed by atoms with Crippen molar-refractivity contribution in [2.24, 2.45) is 0 Å². The highest BCUT2D eigenvalue weighted by Gasteiger charge is 2.41. The van der Waals surface area contributed by atoms with E-state index in [1.807, 2.05) is 38.1 Å². The molecule has 1 saturated heterocycles. The lowest BCUT2D eigenvalue weighted by Crippen LogP contribution is -2.42. The molecule has 0 spiro atoms. The van der Waals surface area contributed by atoms with Crippen molar-refractivity contribution < 1.29 is 14.3 Å². The summed E-state index contributed by atoms with van der Waals surface area (Å²) in [6, 6.07) is 9.67. The molecule has 6 heteroatoms. The Bertz CT molecular complexity index is 765. The van der Waals surface area contributed by atoms with Gasteiger partial charge < -0.3 is 14.4 Å². The minimum atomic E-state index is -0.511. The van der Waals surface area contributed by atoms with E-state index in [1.54, 1.807) is 24.3 Å². The smallest absolute Gasteiger partial charge is 0.291 e. The van der Waals surface area contributed by atoms with E-state index in [4.69, 9.17) is 9.47 Å². The summed E-state index contributed by atoms with van der Waals surface area (Å²) >= 11 is 0. The van der Waals surface area contributed by atoms with Crippen LogP contribution in [-0.4, -0.2) is 53.2 Å². The number of amides is 1. The van der Waals surface area contributed by atoms with Crippen LogP contribution in [0.3, 0.4) is 0 Å². The van der Waals surface area contributed by atoms with Crippen LogP contribution >= 0.6 is 0 Å². The number of nitrogens with zero attached hydrogens (tertiary/aromatic N) is 3. The van der Waals surface area contributed by atoms with Crippen molar-refractivity contribution in [1.29, 1.82) is 0 Å². The maximum absolute atomic E-state index is 12.6. The Hall–Kier alpha value is -2.47. The fourth-order valence-electron chi connectivity index (χ4n) is 2.97. The summed E-state index contributed by atoms with van der Waals surface area (Å²) in [6.07, 6.45) is 2.32. The topological polar surface area (TPSA) is 64.6 Å². The zero-order chi connectivity index (χ0) is 17.9. The molecular formula is C19H23N3O3. The number of benzene rings is 1. The molecule has 2 aromatic rings. The molecule has 0 saturated carbocycles. The third-order valence-corrected chi connectivity index (χ3v) is 4.51. The lowest BCUT2D eigenvalue weighted by atomic mass is 10.0. The van der Waals surface area contributed by atoms with Crippen LogP contribution in [0.4, 0.5) is 0 Å². The fourth-order valence-corrected chi connectivity index (χ4v) is 2.97. The molecule has 0 radical (unpaired) electrons. The van der Waals surface area contributed by atoms with Crippen molar-refractivity contribution >= 4 is 5.91 Å². The number of methoxy groups -OCH3 is 1. The van der Waals surface area contributed by atoms with Gasteiger partial charge in [0.2, 0.25) is 5.82 Å². The van der Waals surface area contributed by atoms with Gasteiger partial charge in [-0.05, 0) is 44.0 Å². The summed E-state index contributed by atoms with van der Waals surface area (Å²) in [4.78, 5) is 22.7. The molecule has 0 N–H and O–H groups in total. The molecular weight excluding hydrogens is 318 g/mol. The SMILES string of the molecule is COC1(COc2cccc(C)c2)CCN(C(=O)c2nccc(C)n2)C1. The molecule has 1 aromatic heterocycles. The molecule has 1 fully saturated rings. The zero-order valence-electron chi connectivity index (χ0n) is 14.9. The number of carbonyl (C=O) groups excluding carboxylic acids is 1. The average Bonchev–Trinajstić information content (AvgIpc) is 3.05. The van der Waals surface area contributed by atoms with Gasteiger partial charge in [-0.15, -0.1) is 0 Å². The van der Waals surface area contributed by atoms with Crippen molar-refractivity contribution in [2.45, 2.75) is 25.9 Å². The lowest BCUT2D eigenvalue weighted by molar-refractivity contribution is -0.0343. The second-order valence-electron chi connectivity index (χ2n) is 6.49. The fraction of sp³-hybridized carbons (Fsp3) is 0.421. The van der Waals surface area contributed by atoms with Crippen molar-refractivity contribution in [2.75, 3.05) is 26.8 Å². The molecule has 0 aliphatic carbocycles. The van der Waals surface area contributed by atoms with Crippen molar-refractivity contribution in [3.8, 4) is 5.75 Å². The van der Waals surface area contributed by atoms with Gasteiger partial charge in [0, 0.05) is 25.5 Å². The van der Waals surface area contributed by atoms with Gasteiger partial charge in [0.05, 0.1) is 6.54 Å². The maximum atomic E-state index is 12.6. The molecule has 1 unspecified atom stereocenters. The van der Waals surface area contributed by atoms with Gasteiger partial charge in [-0.1, -0.05) is 12.1 Å². The summed E-state index contributed by atoms with van der Waals surface area (Å²) in [5.74, 6) is 0.868. The van der Waals surface area contributed by atoms with E-state index in [0.29, 0.717) is 26.1 Å². The van der Waals surface area contributed by atoms with Crippen molar-refractivity contribution in [1.82, 2.24) is 14.9 Å². The predicted octanol–water partition coefficient (Wildman–Crippen LogP) is 2.40. The summed E-state index contributed by atoms with van der Waals surface area (Å²) < 4.78 is 11.7. The summed E-state index contributed by atoms with van der Waals surface area (Å²) in [5.41, 5.74) is 1.41. The van der Waals surface area contributed by atoms with Crippen LogP contribution < -0.4 is 4.74 Å². The Morgan fingerprint density at radius 3 is 2.88 bits per heavy atom. The molecule has 1 amide bonds. The summed E-state index contributed by atoms with van der Waals surface area (Å²) in [6.45, 7) is 5.33. The molecule has 0 bridgehead atoms. The number of ether oxygens (including phenoxy) is 2. The Labute approximate surface area is 147 Å². The van der Waals surface area contributed by atoms with Gasteiger partial charge in [-0.3, -0.25) is 4.79 Å². The maximum Gasteiger partial charge on any atom is 0.291 e. The molecule has 3 rings (SSSR count). The van der Waals surface area contributed by atoms with Crippen LogP contribution in [0.5, 0.6) is 5.75 Å². The van der Waals surface area contributed by atoms with E-state index in [9.17, 15) is 4.79 Å². The van der Waals surface area contributed by atoms with Gasteiger partial charge >= 0.3 is 0 Å². The number of rotatable bonds is 5. The number of aromatic nitrogens is 2. The van der Waals surface area contributed by atoms with Gasteiger partial charge in [-0.2, -0.15) is 0 Å². The van der Waals surface area contributed by atoms with Gasteiger partial charge in [0.15, 0.2) is 0 Å². The Balaban J connectivity index is 1.67. The molecule has 6 nitrogen and oxygen atoms in total. The molecule has 25 heavy (non-hydrogen) atoms. The normalized spacial score (nSPS) is 19.9. The second kappa shape index (κ2) is 7.19. The molecule has 1 aliphatic heterocycles. The highest BCUT2D eigenvalue weighted by atomic mass is 16.5. The van der Waals surface area contributed by atoms with Gasteiger partial charge in [-0.25, -0.2) is 9.97 Å². The monoisotopic (exact) mass is 341 g/mol. The van der Waals surface area contributed by atoms with E-state index in [-0.39, 0.29) is 11.7 Å². The van der Waals surface area contributed by atoms with E-state index >= 15 is 0 Å². The first kappa shape index (κ1) is 17.4. The van der Waals surface area contributed by atoms with E-state index in [2.05, 4.69) is 9.97 Å². The number of hydrogen-bond donors (Lipinski definition) is 0. The number of aryl methyl sites for hydroxylation is 2. The van der Waals surface area contributed by atoms with Crippen LogP contribution in [0.1, 0.15) is 28.3 Å². The predicted molar refractivity (Wildman–Crippen MR) is 93.7 cm³/mol. The van der Waals surface area contributed by atoms with Crippen molar-refractivity contribution in [3.63, 3.8) is 0 Å². The average molecular weight is 341 g/mol. The van der Waals surface area contributed by atoms with E-state index < -0.39 is 5.60 Å². The van der Waals surface area contributed by atoms with Gasteiger partial charge in [0.1, 0.15) is 18.0 Å². The van der Waals surface area contributed by atoms with Crippen LogP contribution in [0.15, 0.2) is 36.5 Å². The minimum absolute atomic E-state index is 0.168. The summed E-state index contributed by atoms with van der Waals surface area (Å²) in [5, 5.41) is 0. The second-order valence-corrected chi connectivity index (χ2v) is 6.49. The Morgan fingerprint density at radius 1 is 1.32 bits per heavy atom. The highest BCUT2D eigenvalue weighted by Crippen LogP contribution is 2.27. The highest BCUT2D eigenvalue weighted by molar-refractivity contribution is 5.90. The first-order chi connectivity index (χ1) is 12.0. The number of hydrogen-bond acceptors (Lipinski definition) is 5. The zero-order valence-corrected chi connectivity index (χ0v) is 14.9. The number of likely N-dealkylation sites (tertiary alicyclic amines) is 1. The third-order valence-electron chi connectivity index (χ3n) is 4.51. The molecule has 132 valence electrons. The van der Waals surface area contributed by atoms with Crippen molar-refractivity contribution in [3.05, 3.63) is 53.6 Å². The van der Waals surface area contributed by atoms with Crippen LogP contribution in [0, 0.1) is 13.8 Å². The van der Waals surface area contributed by atoms with Crippen LogP contribution in [-0.2, 0) is 4.74 Å².